The number of rotatable bonds is 10. The highest BCUT2D eigenvalue weighted by atomic mass is 16.5. The predicted octanol–water partition coefficient (Wildman–Crippen LogP) is 2.00. The van der Waals surface area contributed by atoms with E-state index in [0.717, 1.165) is 24.2 Å². The van der Waals surface area contributed by atoms with E-state index in [-0.39, 0.29) is 0 Å². The molecule has 0 spiro atoms. The first-order chi connectivity index (χ1) is 13.1. The Morgan fingerprint density at radius 3 is 1.04 bits per heavy atom. The molecule has 0 aromatic heterocycles. The van der Waals surface area contributed by atoms with Crippen LogP contribution in [0.2, 0.25) is 0 Å². The third kappa shape index (κ3) is 4.68. The van der Waals surface area contributed by atoms with Crippen LogP contribution in [0.1, 0.15) is 11.1 Å². The Hall–Kier alpha value is -2.80. The first kappa shape index (κ1) is 20.5. The van der Waals surface area contributed by atoms with Gasteiger partial charge < -0.3 is 33.7 Å². The minimum absolute atomic E-state index is 0.591. The van der Waals surface area contributed by atoms with Crippen LogP contribution in [-0.4, -0.2) is 42.7 Å². The van der Waals surface area contributed by atoms with Gasteiger partial charge in [0.1, 0.15) is 13.1 Å². The molecule has 0 aliphatic heterocycles. The first-order valence-electron chi connectivity index (χ1n) is 8.51. The van der Waals surface area contributed by atoms with Gasteiger partial charge in [0.2, 0.25) is 11.5 Å². The summed E-state index contributed by atoms with van der Waals surface area (Å²) in [6.07, 6.45) is 0. The first-order valence-corrected chi connectivity index (χ1v) is 8.51. The second kappa shape index (κ2) is 9.78. The Labute approximate surface area is 160 Å². The Kier molecular flexibility index (Phi) is 7.43. The maximum absolute atomic E-state index is 5.40. The van der Waals surface area contributed by atoms with Gasteiger partial charge in [0.25, 0.3) is 0 Å². The Balaban J connectivity index is 2.14. The Morgan fingerprint density at radius 2 is 0.815 bits per heavy atom. The van der Waals surface area contributed by atoms with Crippen molar-refractivity contribution in [2.45, 2.75) is 13.1 Å². The highest BCUT2D eigenvalue weighted by molar-refractivity contribution is 5.54. The fourth-order valence-electron chi connectivity index (χ4n) is 2.91. The van der Waals surface area contributed by atoms with E-state index in [1.54, 1.807) is 42.7 Å². The fraction of sp³-hybridized carbons (Fsp3) is 0.400. The lowest BCUT2D eigenvalue weighted by molar-refractivity contribution is -0.686. The normalized spacial score (nSPS) is 10.3. The molecule has 2 N–H and O–H groups in total. The summed E-state index contributed by atoms with van der Waals surface area (Å²) in [5.74, 6) is 3.77. The van der Waals surface area contributed by atoms with Gasteiger partial charge in [0, 0.05) is 11.1 Å². The van der Waals surface area contributed by atoms with Crippen molar-refractivity contribution in [3.8, 4) is 34.5 Å². The van der Waals surface area contributed by atoms with Gasteiger partial charge in [-0.1, -0.05) is 0 Å². The number of quaternary nitrogens is 1. The molecular weight excluding hydrogens is 350 g/mol. The lowest BCUT2D eigenvalue weighted by Crippen LogP contribution is -2.80. The molecule has 148 valence electrons. The second-order valence-electron chi connectivity index (χ2n) is 5.76. The molecule has 2 aromatic carbocycles. The average molecular weight is 378 g/mol. The fourth-order valence-corrected chi connectivity index (χ4v) is 2.91. The summed E-state index contributed by atoms with van der Waals surface area (Å²) in [4.78, 5) is 0. The quantitative estimate of drug-likeness (QED) is 0.682. The van der Waals surface area contributed by atoms with Crippen molar-refractivity contribution in [1.29, 1.82) is 0 Å². The molecule has 0 heterocycles. The molecule has 7 nitrogen and oxygen atoms in total. The zero-order chi connectivity index (χ0) is 19.8. The molecule has 0 unspecified atom stereocenters. The van der Waals surface area contributed by atoms with E-state index in [0.29, 0.717) is 34.5 Å². The van der Waals surface area contributed by atoms with E-state index >= 15 is 0 Å². The van der Waals surface area contributed by atoms with E-state index in [4.69, 9.17) is 28.4 Å². The molecule has 2 rings (SSSR count). The number of nitrogens with two attached hydrogens (primary N) is 1. The predicted molar refractivity (Wildman–Crippen MR) is 102 cm³/mol. The number of benzene rings is 2. The van der Waals surface area contributed by atoms with Crippen LogP contribution in [0.4, 0.5) is 0 Å². The summed E-state index contributed by atoms with van der Waals surface area (Å²) < 4.78 is 32.3. The van der Waals surface area contributed by atoms with Crippen molar-refractivity contribution >= 4 is 0 Å². The molecule has 7 heteroatoms. The Bertz CT molecular complexity index is 649. The van der Waals surface area contributed by atoms with Gasteiger partial charge in [-0.05, 0) is 24.3 Å². The highest BCUT2D eigenvalue weighted by Gasteiger charge is 2.15. The number of hydrogen-bond acceptors (Lipinski definition) is 6. The van der Waals surface area contributed by atoms with Crippen molar-refractivity contribution in [2.24, 2.45) is 0 Å². The van der Waals surface area contributed by atoms with Crippen LogP contribution in [0.25, 0.3) is 0 Å². The van der Waals surface area contributed by atoms with E-state index in [9.17, 15) is 0 Å². The van der Waals surface area contributed by atoms with Gasteiger partial charge in [-0.3, -0.25) is 0 Å². The molecule has 0 fully saturated rings. The number of hydrogen-bond donors (Lipinski definition) is 1. The number of ether oxygens (including phenoxy) is 6. The minimum atomic E-state index is 0.591. The van der Waals surface area contributed by atoms with E-state index in [2.05, 4.69) is 5.32 Å². The molecule has 27 heavy (non-hydrogen) atoms. The van der Waals surface area contributed by atoms with E-state index < -0.39 is 0 Å². The summed E-state index contributed by atoms with van der Waals surface area (Å²) in [6, 6.07) is 7.81. The molecule has 2 aromatic rings. The molecule has 0 saturated heterocycles. The average Bonchev–Trinajstić information content (AvgIpc) is 2.71. The maximum atomic E-state index is 5.40. The topological polar surface area (TPSA) is 72.0 Å². The minimum Gasteiger partial charge on any atom is -0.493 e. The van der Waals surface area contributed by atoms with Crippen LogP contribution < -0.4 is 33.7 Å². The van der Waals surface area contributed by atoms with Gasteiger partial charge in [0.05, 0.1) is 42.7 Å². The molecule has 0 radical (unpaired) electrons. The van der Waals surface area contributed by atoms with Crippen molar-refractivity contribution in [3.05, 3.63) is 35.4 Å². The monoisotopic (exact) mass is 378 g/mol. The molecular formula is C20H28NO6+. The SMILES string of the molecule is COc1cc(C[NH2+]Cc2cc(OC)c(OC)c(OC)c2)cc(OC)c1OC. The van der Waals surface area contributed by atoms with Gasteiger partial charge >= 0.3 is 0 Å². The zero-order valence-electron chi connectivity index (χ0n) is 16.8. The summed E-state index contributed by atoms with van der Waals surface area (Å²) in [6.45, 7) is 1.49. The van der Waals surface area contributed by atoms with E-state index in [1.807, 2.05) is 24.3 Å². The third-order valence-corrected chi connectivity index (χ3v) is 4.21. The Morgan fingerprint density at radius 1 is 0.519 bits per heavy atom. The van der Waals surface area contributed by atoms with Crippen LogP contribution in [0, 0.1) is 0 Å². The van der Waals surface area contributed by atoms with Gasteiger partial charge in [-0.15, -0.1) is 0 Å². The molecule has 0 bridgehead atoms. The smallest absolute Gasteiger partial charge is 0.203 e. The summed E-state index contributed by atoms with van der Waals surface area (Å²) >= 11 is 0. The van der Waals surface area contributed by atoms with E-state index in [1.165, 1.54) is 0 Å². The van der Waals surface area contributed by atoms with Crippen LogP contribution in [-0.2, 0) is 13.1 Å². The van der Waals surface area contributed by atoms with Crippen LogP contribution in [0.3, 0.4) is 0 Å². The molecule has 0 amide bonds. The van der Waals surface area contributed by atoms with Gasteiger partial charge in [-0.25, -0.2) is 0 Å². The maximum Gasteiger partial charge on any atom is 0.203 e. The molecule has 0 aliphatic carbocycles. The summed E-state index contributed by atoms with van der Waals surface area (Å²) in [5.41, 5.74) is 2.13. The van der Waals surface area contributed by atoms with Gasteiger partial charge in [0.15, 0.2) is 23.0 Å². The molecule has 0 saturated carbocycles. The van der Waals surface area contributed by atoms with Crippen LogP contribution >= 0.6 is 0 Å². The van der Waals surface area contributed by atoms with Crippen LogP contribution in [0.5, 0.6) is 34.5 Å². The molecule has 0 aliphatic rings. The largest absolute Gasteiger partial charge is 0.493 e. The third-order valence-electron chi connectivity index (χ3n) is 4.21. The van der Waals surface area contributed by atoms with Crippen molar-refractivity contribution in [2.75, 3.05) is 42.7 Å². The number of methoxy groups -OCH3 is 6. The van der Waals surface area contributed by atoms with Crippen molar-refractivity contribution in [3.63, 3.8) is 0 Å². The van der Waals surface area contributed by atoms with Gasteiger partial charge in [-0.2, -0.15) is 0 Å². The van der Waals surface area contributed by atoms with Crippen LogP contribution in [0.15, 0.2) is 24.3 Å². The molecule has 0 atom stereocenters. The van der Waals surface area contributed by atoms with Crippen molar-refractivity contribution in [1.82, 2.24) is 0 Å². The highest BCUT2D eigenvalue weighted by Crippen LogP contribution is 2.39. The summed E-state index contributed by atoms with van der Waals surface area (Å²) in [7, 11) is 9.63. The standard InChI is InChI=1S/C20H27NO6/c1-22-15-7-13(8-16(23-2)19(15)26-5)11-21-12-14-9-17(24-3)20(27-6)18(10-14)25-4/h7-10,21H,11-12H2,1-6H3/p+1. The lowest BCUT2D eigenvalue weighted by atomic mass is 10.1. The lowest BCUT2D eigenvalue weighted by Gasteiger charge is -2.15. The zero-order valence-corrected chi connectivity index (χ0v) is 16.8. The second-order valence-corrected chi connectivity index (χ2v) is 5.76. The summed E-state index contributed by atoms with van der Waals surface area (Å²) in [5, 5.41) is 2.17. The van der Waals surface area contributed by atoms with Crippen molar-refractivity contribution < 1.29 is 33.7 Å².